The molecule has 1 aromatic heterocycles. The number of hydrogen-bond donors (Lipinski definition) is 2. The molecule has 4 N–H and O–H groups in total. The van der Waals surface area contributed by atoms with Crippen LogP contribution in [0.15, 0.2) is 18.3 Å². The van der Waals surface area contributed by atoms with E-state index in [1.165, 1.54) is 6.20 Å². The minimum absolute atomic E-state index is 0.340. The lowest BCUT2D eigenvalue weighted by molar-refractivity contribution is -0.119. The number of amides is 1. The van der Waals surface area contributed by atoms with Crippen LogP contribution in [0, 0.1) is 0 Å². The van der Waals surface area contributed by atoms with Crippen LogP contribution in [-0.2, 0) is 11.2 Å². The van der Waals surface area contributed by atoms with Crippen molar-refractivity contribution in [1.82, 2.24) is 4.98 Å². The van der Waals surface area contributed by atoms with Gasteiger partial charge in [0.25, 0.3) is 0 Å². The van der Waals surface area contributed by atoms with Crippen LogP contribution in [0.2, 0.25) is 5.02 Å². The summed E-state index contributed by atoms with van der Waals surface area (Å²) in [6.07, 6.45) is 1.84. The van der Waals surface area contributed by atoms with E-state index in [0.29, 0.717) is 17.1 Å². The van der Waals surface area contributed by atoms with Crippen LogP contribution in [0.3, 0.4) is 0 Å². The number of primary amides is 1. The predicted molar refractivity (Wildman–Crippen MR) is 50.1 cm³/mol. The van der Waals surface area contributed by atoms with Crippen molar-refractivity contribution in [3.8, 4) is 0 Å². The van der Waals surface area contributed by atoms with Crippen LogP contribution in [0.25, 0.3) is 0 Å². The van der Waals surface area contributed by atoms with Gasteiger partial charge in [0.15, 0.2) is 0 Å². The molecule has 0 bridgehead atoms. The summed E-state index contributed by atoms with van der Waals surface area (Å²) in [5, 5.41) is 0.552. The van der Waals surface area contributed by atoms with Gasteiger partial charge in [-0.25, -0.2) is 0 Å². The molecule has 0 aliphatic rings. The third-order valence-electron chi connectivity index (χ3n) is 1.58. The van der Waals surface area contributed by atoms with Crippen LogP contribution in [0.5, 0.6) is 0 Å². The lowest BCUT2D eigenvalue weighted by Crippen LogP contribution is -2.38. The molecule has 0 saturated heterocycles. The number of pyridine rings is 1. The molecular weight excluding hydrogens is 190 g/mol. The lowest BCUT2D eigenvalue weighted by atomic mass is 10.1. The van der Waals surface area contributed by atoms with Gasteiger partial charge in [-0.2, -0.15) is 0 Å². The van der Waals surface area contributed by atoms with Crippen molar-refractivity contribution in [1.29, 1.82) is 0 Å². The molecule has 1 rings (SSSR count). The van der Waals surface area contributed by atoms with Gasteiger partial charge in [-0.1, -0.05) is 11.6 Å². The highest BCUT2D eigenvalue weighted by Gasteiger charge is 2.10. The van der Waals surface area contributed by atoms with E-state index in [-0.39, 0.29) is 0 Å². The number of hydrogen-bond acceptors (Lipinski definition) is 3. The fourth-order valence-corrected chi connectivity index (χ4v) is 0.965. The highest BCUT2D eigenvalue weighted by molar-refractivity contribution is 6.30. The van der Waals surface area contributed by atoms with Crippen LogP contribution in [0.4, 0.5) is 0 Å². The lowest BCUT2D eigenvalue weighted by Gasteiger charge is -2.05. The molecule has 1 unspecified atom stereocenters. The van der Waals surface area contributed by atoms with Gasteiger partial charge in [0, 0.05) is 18.3 Å². The first-order valence-corrected chi connectivity index (χ1v) is 4.12. The Kier molecular flexibility index (Phi) is 3.22. The molecule has 0 radical (unpaired) electrons. The topological polar surface area (TPSA) is 82.0 Å². The van der Waals surface area contributed by atoms with Gasteiger partial charge in [0.1, 0.15) is 0 Å². The Morgan fingerprint density at radius 2 is 2.31 bits per heavy atom. The first-order chi connectivity index (χ1) is 6.09. The van der Waals surface area contributed by atoms with Crippen molar-refractivity contribution >= 4 is 17.5 Å². The van der Waals surface area contributed by atoms with Gasteiger partial charge in [0.2, 0.25) is 5.91 Å². The van der Waals surface area contributed by atoms with Gasteiger partial charge in [-0.3, -0.25) is 9.78 Å². The Balaban J connectivity index is 2.64. The zero-order chi connectivity index (χ0) is 9.84. The maximum absolute atomic E-state index is 10.6. The highest BCUT2D eigenvalue weighted by Crippen LogP contribution is 2.06. The second kappa shape index (κ2) is 4.20. The molecule has 1 amide bonds. The molecule has 0 fully saturated rings. The number of nitrogens with two attached hydrogens (primary N) is 2. The Hall–Kier alpha value is -1.13. The van der Waals surface area contributed by atoms with E-state index in [2.05, 4.69) is 4.98 Å². The summed E-state index contributed by atoms with van der Waals surface area (Å²) in [7, 11) is 0. The number of carbonyl (C=O) groups excluding carboxylic acids is 1. The zero-order valence-electron chi connectivity index (χ0n) is 6.90. The van der Waals surface area contributed by atoms with Gasteiger partial charge in [-0.05, 0) is 12.1 Å². The van der Waals surface area contributed by atoms with E-state index < -0.39 is 11.9 Å². The third kappa shape index (κ3) is 3.01. The summed E-state index contributed by atoms with van der Waals surface area (Å²) in [6, 6.07) is 2.72. The monoisotopic (exact) mass is 199 g/mol. The molecule has 1 atom stereocenters. The zero-order valence-corrected chi connectivity index (χ0v) is 7.66. The molecule has 1 heterocycles. The van der Waals surface area contributed by atoms with E-state index in [9.17, 15) is 4.79 Å². The second-order valence-electron chi connectivity index (χ2n) is 2.68. The normalized spacial score (nSPS) is 12.5. The number of carbonyl (C=O) groups is 1. The minimum Gasteiger partial charge on any atom is -0.368 e. The number of aromatic nitrogens is 1. The fourth-order valence-electron chi connectivity index (χ4n) is 0.853. The van der Waals surface area contributed by atoms with Crippen molar-refractivity contribution in [3.63, 3.8) is 0 Å². The van der Waals surface area contributed by atoms with Crippen molar-refractivity contribution in [3.05, 3.63) is 29.0 Å². The average Bonchev–Trinajstić information content (AvgIpc) is 2.08. The van der Waals surface area contributed by atoms with Crippen molar-refractivity contribution in [2.45, 2.75) is 12.5 Å². The molecular formula is C8H10ClN3O. The molecule has 0 aliphatic heterocycles. The molecule has 1 aromatic rings. The number of nitrogens with zero attached hydrogens (tertiary/aromatic N) is 1. The molecule has 70 valence electrons. The Morgan fingerprint density at radius 1 is 1.62 bits per heavy atom. The predicted octanol–water partition coefficient (Wildman–Crippen LogP) is 0.0901. The van der Waals surface area contributed by atoms with Gasteiger partial charge in [-0.15, -0.1) is 0 Å². The van der Waals surface area contributed by atoms with E-state index >= 15 is 0 Å². The number of halogens is 1. The summed E-state index contributed by atoms with van der Waals surface area (Å²) < 4.78 is 0. The van der Waals surface area contributed by atoms with Crippen molar-refractivity contribution < 1.29 is 4.79 Å². The first kappa shape index (κ1) is 9.95. The van der Waals surface area contributed by atoms with E-state index in [1.807, 2.05) is 0 Å². The summed E-state index contributed by atoms with van der Waals surface area (Å²) in [5.74, 6) is -0.531. The Labute approximate surface area is 80.9 Å². The molecule has 4 nitrogen and oxygen atoms in total. The van der Waals surface area contributed by atoms with E-state index in [4.69, 9.17) is 23.1 Å². The molecule has 5 heteroatoms. The average molecular weight is 200 g/mol. The maximum Gasteiger partial charge on any atom is 0.234 e. The fraction of sp³-hybridized carbons (Fsp3) is 0.250. The smallest absolute Gasteiger partial charge is 0.234 e. The quantitative estimate of drug-likeness (QED) is 0.724. The van der Waals surface area contributed by atoms with Crippen LogP contribution >= 0.6 is 11.6 Å². The maximum atomic E-state index is 10.6. The van der Waals surface area contributed by atoms with Gasteiger partial charge in [0.05, 0.1) is 11.1 Å². The summed E-state index contributed by atoms with van der Waals surface area (Å²) in [5.41, 5.74) is 11.1. The van der Waals surface area contributed by atoms with Crippen LogP contribution in [0.1, 0.15) is 5.69 Å². The summed E-state index contributed by atoms with van der Waals surface area (Å²) in [4.78, 5) is 14.6. The molecule has 13 heavy (non-hydrogen) atoms. The molecule has 0 saturated carbocycles. The second-order valence-corrected chi connectivity index (χ2v) is 3.12. The standard InChI is InChI=1S/C8H10ClN3O/c9-5-1-2-6(12-4-5)3-7(10)8(11)13/h1-2,4,7H,3,10H2,(H2,11,13). The third-order valence-corrected chi connectivity index (χ3v) is 1.81. The first-order valence-electron chi connectivity index (χ1n) is 3.75. The molecule has 0 aromatic carbocycles. The summed E-state index contributed by atoms with van der Waals surface area (Å²) in [6.45, 7) is 0. The Morgan fingerprint density at radius 3 is 2.77 bits per heavy atom. The van der Waals surface area contributed by atoms with Gasteiger partial charge >= 0.3 is 0 Å². The van der Waals surface area contributed by atoms with Crippen LogP contribution < -0.4 is 11.5 Å². The van der Waals surface area contributed by atoms with E-state index in [0.717, 1.165) is 0 Å². The van der Waals surface area contributed by atoms with Crippen LogP contribution in [-0.4, -0.2) is 16.9 Å². The SMILES string of the molecule is NC(=O)C(N)Cc1ccc(Cl)cn1. The summed E-state index contributed by atoms with van der Waals surface area (Å²) >= 11 is 5.63. The molecule has 0 spiro atoms. The Bertz CT molecular complexity index is 299. The highest BCUT2D eigenvalue weighted by atomic mass is 35.5. The largest absolute Gasteiger partial charge is 0.368 e. The van der Waals surface area contributed by atoms with Crippen molar-refractivity contribution in [2.75, 3.05) is 0 Å². The van der Waals surface area contributed by atoms with Gasteiger partial charge < -0.3 is 11.5 Å². The van der Waals surface area contributed by atoms with E-state index in [1.54, 1.807) is 12.1 Å². The number of rotatable bonds is 3. The van der Waals surface area contributed by atoms with Crippen molar-refractivity contribution in [2.24, 2.45) is 11.5 Å². The molecule has 0 aliphatic carbocycles. The minimum atomic E-state index is -0.686.